The molecule has 0 heterocycles. The first-order chi connectivity index (χ1) is 11.0. The highest BCUT2D eigenvalue weighted by Crippen LogP contribution is 2.28. The Labute approximate surface area is 137 Å². The van der Waals surface area contributed by atoms with Gasteiger partial charge in [0.25, 0.3) is 5.91 Å². The average molecular weight is 313 g/mol. The van der Waals surface area contributed by atoms with Crippen LogP contribution in [0.25, 0.3) is 0 Å². The van der Waals surface area contributed by atoms with Gasteiger partial charge >= 0.3 is 0 Å². The maximum absolute atomic E-state index is 12.5. The van der Waals surface area contributed by atoms with Gasteiger partial charge < -0.3 is 14.8 Å². The topological polar surface area (TPSA) is 47.6 Å². The molecule has 1 unspecified atom stereocenters. The van der Waals surface area contributed by atoms with Crippen molar-refractivity contribution in [3.05, 3.63) is 58.7 Å². The molecule has 0 aliphatic rings. The van der Waals surface area contributed by atoms with Crippen molar-refractivity contribution in [2.24, 2.45) is 0 Å². The lowest BCUT2D eigenvalue weighted by atomic mass is 9.99. The number of nitrogens with one attached hydrogen (secondary N) is 1. The lowest BCUT2D eigenvalue weighted by Gasteiger charge is -2.18. The molecule has 0 radical (unpaired) electrons. The highest BCUT2D eigenvalue weighted by Gasteiger charge is 2.15. The summed E-state index contributed by atoms with van der Waals surface area (Å²) in [5, 5.41) is 3.03. The van der Waals surface area contributed by atoms with Gasteiger partial charge in [0.2, 0.25) is 0 Å². The van der Waals surface area contributed by atoms with Crippen molar-refractivity contribution in [1.82, 2.24) is 5.32 Å². The van der Waals surface area contributed by atoms with Gasteiger partial charge in [-0.15, -0.1) is 0 Å². The molecule has 0 aliphatic heterocycles. The van der Waals surface area contributed by atoms with Gasteiger partial charge in [-0.25, -0.2) is 0 Å². The van der Waals surface area contributed by atoms with E-state index in [1.54, 1.807) is 32.4 Å². The Kier molecular flexibility index (Phi) is 5.27. The summed E-state index contributed by atoms with van der Waals surface area (Å²) < 4.78 is 10.4. The minimum Gasteiger partial charge on any atom is -0.493 e. The Morgan fingerprint density at radius 3 is 2.35 bits per heavy atom. The van der Waals surface area contributed by atoms with E-state index in [2.05, 4.69) is 23.5 Å². The van der Waals surface area contributed by atoms with E-state index in [0.717, 1.165) is 11.1 Å². The SMILES string of the molecule is COc1ccc(C(=O)NC(C)c2cc(C)ccc2C)cc1OC. The third-order valence-corrected chi connectivity index (χ3v) is 3.89. The van der Waals surface area contributed by atoms with Crippen molar-refractivity contribution in [1.29, 1.82) is 0 Å². The zero-order valence-corrected chi connectivity index (χ0v) is 14.3. The third-order valence-electron chi connectivity index (χ3n) is 3.89. The van der Waals surface area contributed by atoms with Gasteiger partial charge in [-0.2, -0.15) is 0 Å². The number of hydrogen-bond donors (Lipinski definition) is 1. The molecule has 2 aromatic rings. The minimum atomic E-state index is -0.139. The summed E-state index contributed by atoms with van der Waals surface area (Å²) >= 11 is 0. The number of carbonyl (C=O) groups is 1. The molecule has 4 nitrogen and oxygen atoms in total. The van der Waals surface area contributed by atoms with E-state index in [9.17, 15) is 4.79 Å². The van der Waals surface area contributed by atoms with Crippen LogP contribution in [0, 0.1) is 13.8 Å². The van der Waals surface area contributed by atoms with Gasteiger partial charge in [0.1, 0.15) is 0 Å². The lowest BCUT2D eigenvalue weighted by Crippen LogP contribution is -2.27. The van der Waals surface area contributed by atoms with E-state index >= 15 is 0 Å². The molecular weight excluding hydrogens is 290 g/mol. The van der Waals surface area contributed by atoms with Crippen molar-refractivity contribution in [2.75, 3.05) is 14.2 Å². The number of amides is 1. The maximum atomic E-state index is 12.5. The molecule has 4 heteroatoms. The number of aryl methyl sites for hydroxylation is 2. The Morgan fingerprint density at radius 2 is 1.70 bits per heavy atom. The van der Waals surface area contributed by atoms with E-state index in [0.29, 0.717) is 17.1 Å². The molecule has 0 spiro atoms. The second kappa shape index (κ2) is 7.18. The molecule has 0 bridgehead atoms. The Hall–Kier alpha value is -2.49. The van der Waals surface area contributed by atoms with Gasteiger partial charge in [0.05, 0.1) is 20.3 Å². The molecule has 122 valence electrons. The van der Waals surface area contributed by atoms with Crippen LogP contribution < -0.4 is 14.8 Å². The van der Waals surface area contributed by atoms with E-state index in [1.165, 1.54) is 5.56 Å². The van der Waals surface area contributed by atoms with Crippen molar-refractivity contribution < 1.29 is 14.3 Å². The molecule has 0 aromatic heterocycles. The van der Waals surface area contributed by atoms with Crippen LogP contribution in [0.15, 0.2) is 36.4 Å². The molecule has 23 heavy (non-hydrogen) atoms. The van der Waals surface area contributed by atoms with Gasteiger partial charge in [-0.05, 0) is 50.1 Å². The predicted octanol–water partition coefficient (Wildman–Crippen LogP) is 3.81. The predicted molar refractivity (Wildman–Crippen MR) is 91.3 cm³/mol. The van der Waals surface area contributed by atoms with Crippen LogP contribution in [0.3, 0.4) is 0 Å². The van der Waals surface area contributed by atoms with Gasteiger partial charge in [0, 0.05) is 5.56 Å². The van der Waals surface area contributed by atoms with Crippen molar-refractivity contribution in [2.45, 2.75) is 26.8 Å². The fourth-order valence-corrected chi connectivity index (χ4v) is 2.56. The molecule has 1 N–H and O–H groups in total. The molecular formula is C19H23NO3. The number of ether oxygens (including phenoxy) is 2. The standard InChI is InChI=1S/C19H23NO3/c1-12-6-7-13(2)16(10-12)14(3)20-19(21)15-8-9-17(22-4)18(11-15)23-5/h6-11,14H,1-5H3,(H,20,21). The van der Waals surface area contributed by atoms with Crippen LogP contribution in [0.5, 0.6) is 11.5 Å². The first-order valence-corrected chi connectivity index (χ1v) is 7.56. The average Bonchev–Trinajstić information content (AvgIpc) is 2.56. The minimum absolute atomic E-state index is 0.0736. The number of methoxy groups -OCH3 is 2. The highest BCUT2D eigenvalue weighted by molar-refractivity contribution is 5.95. The van der Waals surface area contributed by atoms with E-state index in [4.69, 9.17) is 9.47 Å². The lowest BCUT2D eigenvalue weighted by molar-refractivity contribution is 0.0939. The Balaban J connectivity index is 2.20. The number of rotatable bonds is 5. The van der Waals surface area contributed by atoms with Gasteiger partial charge in [0.15, 0.2) is 11.5 Å². The molecule has 0 aliphatic carbocycles. The summed E-state index contributed by atoms with van der Waals surface area (Å²) in [5.74, 6) is 1.01. The highest BCUT2D eigenvalue weighted by atomic mass is 16.5. The van der Waals surface area contributed by atoms with Gasteiger partial charge in [-0.3, -0.25) is 4.79 Å². The molecule has 0 fully saturated rings. The fourth-order valence-electron chi connectivity index (χ4n) is 2.56. The van der Waals surface area contributed by atoms with Crippen LogP contribution in [0.4, 0.5) is 0 Å². The molecule has 0 saturated carbocycles. The van der Waals surface area contributed by atoms with Crippen LogP contribution in [-0.2, 0) is 0 Å². The fraction of sp³-hybridized carbons (Fsp3) is 0.316. The number of benzene rings is 2. The summed E-state index contributed by atoms with van der Waals surface area (Å²) in [6.45, 7) is 6.08. The first kappa shape index (κ1) is 16.9. The third kappa shape index (κ3) is 3.83. The quantitative estimate of drug-likeness (QED) is 0.913. The second-order valence-corrected chi connectivity index (χ2v) is 5.62. The van der Waals surface area contributed by atoms with Crippen molar-refractivity contribution in [3.8, 4) is 11.5 Å². The normalized spacial score (nSPS) is 11.7. The van der Waals surface area contributed by atoms with Gasteiger partial charge in [-0.1, -0.05) is 23.8 Å². The van der Waals surface area contributed by atoms with Crippen LogP contribution in [0.2, 0.25) is 0 Å². The van der Waals surface area contributed by atoms with Crippen LogP contribution >= 0.6 is 0 Å². The molecule has 1 amide bonds. The van der Waals surface area contributed by atoms with E-state index < -0.39 is 0 Å². The van der Waals surface area contributed by atoms with Crippen molar-refractivity contribution in [3.63, 3.8) is 0 Å². The summed E-state index contributed by atoms with van der Waals surface area (Å²) in [4.78, 5) is 12.5. The monoisotopic (exact) mass is 313 g/mol. The summed E-state index contributed by atoms with van der Waals surface area (Å²) in [6, 6.07) is 11.3. The largest absolute Gasteiger partial charge is 0.493 e. The maximum Gasteiger partial charge on any atom is 0.251 e. The zero-order valence-electron chi connectivity index (χ0n) is 14.3. The zero-order chi connectivity index (χ0) is 17.0. The van der Waals surface area contributed by atoms with Crippen LogP contribution in [0.1, 0.15) is 40.0 Å². The smallest absolute Gasteiger partial charge is 0.251 e. The van der Waals surface area contributed by atoms with Crippen molar-refractivity contribution >= 4 is 5.91 Å². The molecule has 2 rings (SSSR count). The molecule has 0 saturated heterocycles. The molecule has 2 aromatic carbocycles. The summed E-state index contributed by atoms with van der Waals surface area (Å²) in [7, 11) is 3.12. The Bertz CT molecular complexity index is 710. The first-order valence-electron chi connectivity index (χ1n) is 7.56. The number of hydrogen-bond acceptors (Lipinski definition) is 3. The molecule has 1 atom stereocenters. The Morgan fingerprint density at radius 1 is 1.00 bits per heavy atom. The van der Waals surface area contributed by atoms with Crippen LogP contribution in [-0.4, -0.2) is 20.1 Å². The second-order valence-electron chi connectivity index (χ2n) is 5.62. The summed E-state index contributed by atoms with van der Waals surface area (Å²) in [6.07, 6.45) is 0. The summed E-state index contributed by atoms with van der Waals surface area (Å²) in [5.41, 5.74) is 4.01. The van der Waals surface area contributed by atoms with E-state index in [-0.39, 0.29) is 11.9 Å². The number of carbonyl (C=O) groups excluding carboxylic acids is 1. The van der Waals surface area contributed by atoms with E-state index in [1.807, 2.05) is 20.8 Å².